The van der Waals surface area contributed by atoms with Crippen LogP contribution in [0.4, 0.5) is 8.78 Å². The molecule has 0 N–H and O–H groups in total. The standard InChI is InChI=1S/C23H24F2/c1-3-18-14-15-21(23(25)22(18)24)13-8-17-6-11-20(12-7-17)19-9-4-16(2)5-10-19/h6-7,11-12,14-16,19H,3-5,9-10H2,1-2H3. The summed E-state index contributed by atoms with van der Waals surface area (Å²) >= 11 is 0. The first-order valence-corrected chi connectivity index (χ1v) is 9.17. The van der Waals surface area contributed by atoms with Gasteiger partial charge in [0.1, 0.15) is 0 Å². The van der Waals surface area contributed by atoms with Gasteiger partial charge in [0.15, 0.2) is 11.6 Å². The predicted molar refractivity (Wildman–Crippen MR) is 98.5 cm³/mol. The Hall–Kier alpha value is -2.14. The molecule has 0 bridgehead atoms. The molecule has 130 valence electrons. The number of aryl methyl sites for hydroxylation is 1. The molecule has 0 unspecified atom stereocenters. The van der Waals surface area contributed by atoms with E-state index in [1.807, 2.05) is 12.1 Å². The lowest BCUT2D eigenvalue weighted by Gasteiger charge is -2.26. The first-order valence-electron chi connectivity index (χ1n) is 9.17. The Labute approximate surface area is 149 Å². The Morgan fingerprint density at radius 1 is 0.880 bits per heavy atom. The molecule has 2 aromatic rings. The van der Waals surface area contributed by atoms with E-state index in [9.17, 15) is 8.78 Å². The van der Waals surface area contributed by atoms with Crippen LogP contribution in [0.5, 0.6) is 0 Å². The Morgan fingerprint density at radius 3 is 2.20 bits per heavy atom. The predicted octanol–water partition coefficient (Wildman–Crippen LogP) is 6.22. The second-order valence-electron chi connectivity index (χ2n) is 7.08. The summed E-state index contributed by atoms with van der Waals surface area (Å²) in [5, 5.41) is 0. The Kier molecular flexibility index (Phi) is 5.53. The zero-order valence-electron chi connectivity index (χ0n) is 14.9. The van der Waals surface area contributed by atoms with Crippen LogP contribution in [0.2, 0.25) is 0 Å². The normalized spacial score (nSPS) is 20.0. The summed E-state index contributed by atoms with van der Waals surface area (Å²) in [5.41, 5.74) is 2.68. The Balaban J connectivity index is 1.75. The van der Waals surface area contributed by atoms with E-state index in [1.54, 1.807) is 19.1 Å². The van der Waals surface area contributed by atoms with Crippen LogP contribution in [0.25, 0.3) is 0 Å². The first kappa shape index (κ1) is 17.7. The fraction of sp³-hybridized carbons (Fsp3) is 0.391. The molecule has 0 aromatic heterocycles. The van der Waals surface area contributed by atoms with Crippen molar-refractivity contribution in [3.8, 4) is 11.8 Å². The number of benzene rings is 2. The number of hydrogen-bond donors (Lipinski definition) is 0. The average molecular weight is 338 g/mol. The zero-order chi connectivity index (χ0) is 17.8. The van der Waals surface area contributed by atoms with Gasteiger partial charge in [-0.2, -0.15) is 0 Å². The van der Waals surface area contributed by atoms with E-state index < -0.39 is 11.6 Å². The van der Waals surface area contributed by atoms with E-state index in [-0.39, 0.29) is 5.56 Å². The van der Waals surface area contributed by atoms with E-state index in [1.165, 1.54) is 31.2 Å². The third-order valence-electron chi connectivity index (χ3n) is 5.28. The molecule has 0 spiro atoms. The molecule has 0 saturated heterocycles. The van der Waals surface area contributed by atoms with Crippen molar-refractivity contribution in [1.29, 1.82) is 0 Å². The molecule has 3 rings (SSSR count). The number of halogens is 2. The Bertz CT molecular complexity index is 785. The topological polar surface area (TPSA) is 0 Å². The maximum Gasteiger partial charge on any atom is 0.174 e. The molecule has 0 atom stereocenters. The summed E-state index contributed by atoms with van der Waals surface area (Å²) < 4.78 is 27.8. The molecule has 1 aliphatic carbocycles. The minimum atomic E-state index is -0.847. The lowest BCUT2D eigenvalue weighted by Crippen LogP contribution is -2.10. The molecule has 2 heteroatoms. The highest BCUT2D eigenvalue weighted by atomic mass is 19.2. The summed E-state index contributed by atoms with van der Waals surface area (Å²) in [6.07, 6.45) is 5.56. The summed E-state index contributed by atoms with van der Waals surface area (Å²) in [6.45, 7) is 4.13. The van der Waals surface area contributed by atoms with Crippen LogP contribution in [0, 0.1) is 29.4 Å². The fourth-order valence-corrected chi connectivity index (χ4v) is 3.53. The largest absolute Gasteiger partial charge is 0.203 e. The molecule has 0 radical (unpaired) electrons. The van der Waals surface area contributed by atoms with Crippen molar-refractivity contribution in [3.63, 3.8) is 0 Å². The van der Waals surface area contributed by atoms with Gasteiger partial charge < -0.3 is 0 Å². The molecule has 25 heavy (non-hydrogen) atoms. The maximum absolute atomic E-state index is 14.0. The summed E-state index contributed by atoms with van der Waals surface area (Å²) in [4.78, 5) is 0. The molecule has 1 aliphatic rings. The quantitative estimate of drug-likeness (QED) is 0.570. The molecule has 1 fully saturated rings. The smallest absolute Gasteiger partial charge is 0.174 e. The monoisotopic (exact) mass is 338 g/mol. The summed E-state index contributed by atoms with van der Waals surface area (Å²) in [5.74, 6) is 5.57. The highest BCUT2D eigenvalue weighted by Gasteiger charge is 2.19. The van der Waals surface area contributed by atoms with Gasteiger partial charge in [-0.15, -0.1) is 0 Å². The van der Waals surface area contributed by atoms with Crippen LogP contribution < -0.4 is 0 Å². The molecule has 0 amide bonds. The van der Waals surface area contributed by atoms with Gasteiger partial charge in [0.2, 0.25) is 0 Å². The maximum atomic E-state index is 14.0. The van der Waals surface area contributed by atoms with E-state index in [0.717, 1.165) is 11.5 Å². The molecule has 2 aromatic carbocycles. The van der Waals surface area contributed by atoms with E-state index >= 15 is 0 Å². The fourth-order valence-electron chi connectivity index (χ4n) is 3.53. The highest BCUT2D eigenvalue weighted by molar-refractivity contribution is 5.45. The van der Waals surface area contributed by atoms with Crippen molar-refractivity contribution in [1.82, 2.24) is 0 Å². The van der Waals surface area contributed by atoms with Crippen LogP contribution in [0.1, 0.15) is 67.7 Å². The SMILES string of the molecule is CCc1ccc(C#Cc2ccc(C3CCC(C)CC3)cc2)c(F)c1F. The minimum Gasteiger partial charge on any atom is -0.203 e. The number of hydrogen-bond acceptors (Lipinski definition) is 0. The van der Waals surface area contributed by atoms with Crippen LogP contribution in [0.3, 0.4) is 0 Å². The van der Waals surface area contributed by atoms with E-state index in [4.69, 9.17) is 0 Å². The molecule has 1 saturated carbocycles. The van der Waals surface area contributed by atoms with Crippen LogP contribution in [0.15, 0.2) is 36.4 Å². The molecular weight excluding hydrogens is 314 g/mol. The highest BCUT2D eigenvalue weighted by Crippen LogP contribution is 2.35. The third kappa shape index (κ3) is 4.10. The zero-order valence-corrected chi connectivity index (χ0v) is 14.9. The van der Waals surface area contributed by atoms with Crippen molar-refractivity contribution in [2.75, 3.05) is 0 Å². The van der Waals surface area contributed by atoms with E-state index in [2.05, 4.69) is 30.9 Å². The molecule has 0 aliphatic heterocycles. The van der Waals surface area contributed by atoms with Crippen molar-refractivity contribution in [3.05, 3.63) is 70.3 Å². The van der Waals surface area contributed by atoms with Gasteiger partial charge in [-0.3, -0.25) is 0 Å². The lowest BCUT2D eigenvalue weighted by atomic mass is 9.79. The third-order valence-corrected chi connectivity index (χ3v) is 5.28. The second kappa shape index (κ2) is 7.83. The van der Waals surface area contributed by atoms with Gasteiger partial charge >= 0.3 is 0 Å². The number of rotatable bonds is 2. The summed E-state index contributed by atoms with van der Waals surface area (Å²) in [7, 11) is 0. The van der Waals surface area contributed by atoms with Gasteiger partial charge in [-0.25, -0.2) is 8.78 Å². The van der Waals surface area contributed by atoms with Crippen LogP contribution >= 0.6 is 0 Å². The van der Waals surface area contributed by atoms with Gasteiger partial charge in [-0.05, 0) is 60.4 Å². The minimum absolute atomic E-state index is 0.111. The molecular formula is C23H24F2. The summed E-state index contributed by atoms with van der Waals surface area (Å²) in [6, 6.07) is 11.4. The van der Waals surface area contributed by atoms with Gasteiger partial charge in [-0.1, -0.05) is 56.7 Å². The van der Waals surface area contributed by atoms with Gasteiger partial charge in [0, 0.05) is 5.56 Å². The van der Waals surface area contributed by atoms with Crippen molar-refractivity contribution in [2.45, 2.75) is 51.9 Å². The Morgan fingerprint density at radius 2 is 1.56 bits per heavy atom. The van der Waals surface area contributed by atoms with Crippen molar-refractivity contribution < 1.29 is 8.78 Å². The van der Waals surface area contributed by atoms with Crippen molar-refractivity contribution in [2.24, 2.45) is 5.92 Å². The lowest BCUT2D eigenvalue weighted by molar-refractivity contribution is 0.348. The average Bonchev–Trinajstić information content (AvgIpc) is 2.64. The van der Waals surface area contributed by atoms with Gasteiger partial charge in [0.25, 0.3) is 0 Å². The molecule has 0 heterocycles. The first-order chi connectivity index (χ1) is 12.1. The van der Waals surface area contributed by atoms with Crippen LogP contribution in [-0.4, -0.2) is 0 Å². The molecule has 0 nitrogen and oxygen atoms in total. The van der Waals surface area contributed by atoms with Crippen LogP contribution in [-0.2, 0) is 6.42 Å². The second-order valence-corrected chi connectivity index (χ2v) is 7.08. The van der Waals surface area contributed by atoms with Crippen molar-refractivity contribution >= 4 is 0 Å². The van der Waals surface area contributed by atoms with Gasteiger partial charge in [0.05, 0.1) is 5.56 Å². The van der Waals surface area contributed by atoms with E-state index in [0.29, 0.717) is 17.9 Å².